The van der Waals surface area contributed by atoms with Crippen molar-refractivity contribution in [3.05, 3.63) is 45.9 Å². The maximum Gasteiger partial charge on any atom is 0.227 e. The lowest BCUT2D eigenvalue weighted by Gasteiger charge is -2.15. The molecule has 0 radical (unpaired) electrons. The zero-order valence-electron chi connectivity index (χ0n) is 14.2. The molecule has 4 rings (SSSR count). The Morgan fingerprint density at radius 1 is 1.20 bits per heavy atom. The predicted molar refractivity (Wildman–Crippen MR) is 105 cm³/mol. The average molecular weight is 370 g/mol. The predicted octanol–water partition coefficient (Wildman–Crippen LogP) is 3.79. The van der Waals surface area contributed by atoms with E-state index in [4.69, 9.17) is 9.97 Å². The summed E-state index contributed by atoms with van der Waals surface area (Å²) < 4.78 is 0. The van der Waals surface area contributed by atoms with Crippen LogP contribution in [-0.4, -0.2) is 33.9 Å². The molecule has 0 aliphatic heterocycles. The van der Waals surface area contributed by atoms with Crippen molar-refractivity contribution in [2.24, 2.45) is 0 Å². The highest BCUT2D eigenvalue weighted by molar-refractivity contribution is 7.80. The summed E-state index contributed by atoms with van der Waals surface area (Å²) >= 11 is 6.17. The summed E-state index contributed by atoms with van der Waals surface area (Å²) in [6, 6.07) is 7.83. The van der Waals surface area contributed by atoms with Crippen LogP contribution in [0.3, 0.4) is 0 Å². The van der Waals surface area contributed by atoms with Crippen molar-refractivity contribution >= 4 is 35.6 Å². The van der Waals surface area contributed by atoms with Crippen LogP contribution in [0.2, 0.25) is 0 Å². The minimum absolute atomic E-state index is 0.590. The van der Waals surface area contributed by atoms with Gasteiger partial charge in [-0.2, -0.15) is 0 Å². The van der Waals surface area contributed by atoms with Gasteiger partial charge in [-0.1, -0.05) is 6.07 Å². The van der Waals surface area contributed by atoms with E-state index < -0.39 is 0 Å². The number of benzene rings is 1. The van der Waals surface area contributed by atoms with Crippen molar-refractivity contribution in [2.75, 3.05) is 19.4 Å². The third kappa shape index (κ3) is 3.53. The lowest BCUT2D eigenvalue weighted by atomic mass is 10.00. The zero-order valence-corrected chi connectivity index (χ0v) is 15.9. The summed E-state index contributed by atoms with van der Waals surface area (Å²) in [4.78, 5) is 18.4. The molecule has 1 aromatic carbocycles. The Hall–Kier alpha value is -1.96. The first-order valence-corrected chi connectivity index (χ1v) is 9.40. The maximum atomic E-state index is 4.84. The van der Waals surface area contributed by atoms with Gasteiger partial charge in [0, 0.05) is 28.2 Å². The monoisotopic (exact) mass is 369 g/mol. The Morgan fingerprint density at radius 2 is 2.08 bits per heavy atom. The van der Waals surface area contributed by atoms with Crippen LogP contribution in [0.4, 0.5) is 11.6 Å². The van der Waals surface area contributed by atoms with Crippen molar-refractivity contribution in [1.82, 2.24) is 19.9 Å². The quantitative estimate of drug-likeness (QED) is 0.685. The summed E-state index contributed by atoms with van der Waals surface area (Å²) in [6.45, 7) is 0.859. The first-order chi connectivity index (χ1) is 12.1. The van der Waals surface area contributed by atoms with Crippen LogP contribution in [0.1, 0.15) is 15.4 Å². The number of rotatable bonds is 4. The van der Waals surface area contributed by atoms with E-state index in [9.17, 15) is 0 Å². The van der Waals surface area contributed by atoms with Gasteiger partial charge in [0.25, 0.3) is 0 Å². The SMILES string of the molecule is CN(C)Cc1nc2c(s1)CCc1cnc(Nc3cccc(S)c3)nc1-2. The fraction of sp³-hybridized carbons (Fsp3) is 0.278. The molecule has 7 heteroatoms. The van der Waals surface area contributed by atoms with Gasteiger partial charge in [-0.05, 0) is 50.7 Å². The van der Waals surface area contributed by atoms with E-state index in [-0.39, 0.29) is 0 Å². The van der Waals surface area contributed by atoms with Gasteiger partial charge < -0.3 is 10.2 Å². The highest BCUT2D eigenvalue weighted by Crippen LogP contribution is 2.35. The van der Waals surface area contributed by atoms with Crippen LogP contribution in [-0.2, 0) is 19.4 Å². The zero-order chi connectivity index (χ0) is 17.4. The molecule has 128 valence electrons. The second kappa shape index (κ2) is 6.74. The average Bonchev–Trinajstić information content (AvgIpc) is 2.97. The first-order valence-electron chi connectivity index (χ1n) is 8.14. The topological polar surface area (TPSA) is 53.9 Å². The molecule has 0 amide bonds. The van der Waals surface area contributed by atoms with Gasteiger partial charge in [0.1, 0.15) is 10.7 Å². The third-order valence-corrected chi connectivity index (χ3v) is 5.38. The normalized spacial score (nSPS) is 12.8. The summed E-state index contributed by atoms with van der Waals surface area (Å²) in [5.74, 6) is 0.590. The number of hydrogen-bond acceptors (Lipinski definition) is 7. The molecule has 3 aromatic rings. The number of nitrogens with one attached hydrogen (secondary N) is 1. The number of anilines is 2. The van der Waals surface area contributed by atoms with Crippen LogP contribution >= 0.6 is 24.0 Å². The fourth-order valence-electron chi connectivity index (χ4n) is 2.91. The van der Waals surface area contributed by atoms with Crippen LogP contribution in [0.25, 0.3) is 11.4 Å². The molecule has 0 unspecified atom stereocenters. The number of hydrogen-bond donors (Lipinski definition) is 2. The summed E-state index contributed by atoms with van der Waals surface area (Å²) in [6.07, 6.45) is 3.91. The fourth-order valence-corrected chi connectivity index (χ4v) is 4.32. The molecule has 0 spiro atoms. The van der Waals surface area contributed by atoms with Gasteiger partial charge >= 0.3 is 0 Å². The van der Waals surface area contributed by atoms with E-state index in [0.717, 1.165) is 46.4 Å². The lowest BCUT2D eigenvalue weighted by molar-refractivity contribution is 0.402. The van der Waals surface area contributed by atoms with Gasteiger partial charge in [0.05, 0.1) is 5.69 Å². The molecule has 1 N–H and O–H groups in total. The minimum atomic E-state index is 0.590. The van der Waals surface area contributed by atoms with E-state index in [1.165, 1.54) is 10.4 Å². The highest BCUT2D eigenvalue weighted by atomic mass is 32.1. The summed E-state index contributed by atoms with van der Waals surface area (Å²) in [5, 5.41) is 4.40. The Bertz CT molecular complexity index is 920. The highest BCUT2D eigenvalue weighted by Gasteiger charge is 2.23. The van der Waals surface area contributed by atoms with Crippen molar-refractivity contribution < 1.29 is 0 Å². The van der Waals surface area contributed by atoms with Gasteiger partial charge in [-0.15, -0.1) is 24.0 Å². The maximum absolute atomic E-state index is 4.84. The standard InChI is InChI=1S/C18H19N5S2/c1-23(2)10-15-21-17-14(25-15)7-6-11-9-19-18(22-16(11)17)20-12-4-3-5-13(24)8-12/h3-5,8-9,24H,6-7,10H2,1-2H3,(H,19,20,22). The molecule has 0 atom stereocenters. The molecule has 0 fully saturated rings. The molecule has 0 saturated heterocycles. The molecule has 0 bridgehead atoms. The van der Waals surface area contributed by atoms with Gasteiger partial charge in [0.2, 0.25) is 5.95 Å². The second-order valence-electron chi connectivity index (χ2n) is 6.36. The van der Waals surface area contributed by atoms with Crippen LogP contribution in [0.5, 0.6) is 0 Å². The van der Waals surface area contributed by atoms with Crippen molar-refractivity contribution in [1.29, 1.82) is 0 Å². The molecule has 1 aliphatic rings. The number of nitrogens with zero attached hydrogens (tertiary/aromatic N) is 4. The summed E-state index contributed by atoms with van der Waals surface area (Å²) in [5.41, 5.74) is 4.08. The van der Waals surface area contributed by atoms with Gasteiger partial charge in [0.15, 0.2) is 0 Å². The Morgan fingerprint density at radius 3 is 2.88 bits per heavy atom. The first kappa shape index (κ1) is 16.5. The van der Waals surface area contributed by atoms with E-state index in [1.54, 1.807) is 11.3 Å². The Balaban J connectivity index is 1.67. The molecule has 2 heterocycles. The van der Waals surface area contributed by atoms with Crippen molar-refractivity contribution in [3.63, 3.8) is 0 Å². The third-order valence-electron chi connectivity index (χ3n) is 4.01. The second-order valence-corrected chi connectivity index (χ2v) is 8.04. The lowest BCUT2D eigenvalue weighted by Crippen LogP contribution is -2.10. The van der Waals surface area contributed by atoms with E-state index in [1.807, 2.05) is 30.5 Å². The Kier molecular flexibility index (Phi) is 4.45. The van der Waals surface area contributed by atoms with E-state index >= 15 is 0 Å². The van der Waals surface area contributed by atoms with Crippen molar-refractivity contribution in [2.45, 2.75) is 24.3 Å². The number of fused-ring (bicyclic) bond motifs is 3. The molecular formula is C18H19N5S2. The number of thiazole rings is 1. The molecule has 25 heavy (non-hydrogen) atoms. The van der Waals surface area contributed by atoms with Crippen LogP contribution in [0.15, 0.2) is 35.4 Å². The number of aromatic nitrogens is 3. The molecule has 5 nitrogen and oxygen atoms in total. The smallest absolute Gasteiger partial charge is 0.227 e. The largest absolute Gasteiger partial charge is 0.324 e. The van der Waals surface area contributed by atoms with Crippen LogP contribution in [0, 0.1) is 0 Å². The number of aryl methyl sites for hydroxylation is 2. The van der Waals surface area contributed by atoms with Crippen LogP contribution < -0.4 is 5.32 Å². The Labute approximate surface area is 156 Å². The summed E-state index contributed by atoms with van der Waals surface area (Å²) in [7, 11) is 4.13. The van der Waals surface area contributed by atoms with Crippen molar-refractivity contribution in [3.8, 4) is 11.4 Å². The molecular weight excluding hydrogens is 350 g/mol. The van der Waals surface area contributed by atoms with E-state index in [0.29, 0.717) is 5.95 Å². The van der Waals surface area contributed by atoms with Gasteiger partial charge in [-0.25, -0.2) is 15.0 Å². The van der Waals surface area contributed by atoms with E-state index in [2.05, 4.69) is 41.9 Å². The molecule has 0 saturated carbocycles. The minimum Gasteiger partial charge on any atom is -0.324 e. The van der Waals surface area contributed by atoms with Gasteiger partial charge in [-0.3, -0.25) is 0 Å². The number of thiol groups is 1. The molecule has 2 aromatic heterocycles. The molecule has 1 aliphatic carbocycles.